The Morgan fingerprint density at radius 1 is 0.968 bits per heavy atom. The van der Waals surface area contributed by atoms with Crippen LogP contribution < -0.4 is 5.32 Å². The zero-order valence-corrected chi connectivity index (χ0v) is 17.7. The number of carbonyl (C=O) groups is 3. The van der Waals surface area contributed by atoms with Crippen molar-refractivity contribution < 1.29 is 14.4 Å². The van der Waals surface area contributed by atoms with Crippen molar-refractivity contribution in [3.63, 3.8) is 0 Å². The zero-order chi connectivity index (χ0) is 22.0. The van der Waals surface area contributed by atoms with E-state index in [0.29, 0.717) is 13.1 Å². The second kappa shape index (κ2) is 8.22. The van der Waals surface area contributed by atoms with Crippen LogP contribution in [-0.2, 0) is 21.7 Å². The topological polar surface area (TPSA) is 69.7 Å². The third-order valence-corrected chi connectivity index (χ3v) is 5.85. The average molecular weight is 415 g/mol. The van der Waals surface area contributed by atoms with Gasteiger partial charge in [0.1, 0.15) is 12.1 Å². The van der Waals surface area contributed by atoms with Gasteiger partial charge in [-0.2, -0.15) is 0 Å². The normalized spacial score (nSPS) is 18.3. The Hall–Kier alpha value is -3.67. The Morgan fingerprint density at radius 2 is 1.65 bits per heavy atom. The molecule has 0 spiro atoms. The SMILES string of the molecule is CCN(Cc1ccccc1)C(=O)CN1C(=O)N[C@@](C)(c2cccc3ccccc23)C1=O. The fourth-order valence-electron chi connectivity index (χ4n) is 4.10. The molecule has 0 aliphatic carbocycles. The van der Waals surface area contributed by atoms with E-state index in [1.54, 1.807) is 11.8 Å². The third-order valence-electron chi connectivity index (χ3n) is 5.85. The first-order valence-corrected chi connectivity index (χ1v) is 10.4. The smallest absolute Gasteiger partial charge is 0.325 e. The molecule has 1 fully saturated rings. The van der Waals surface area contributed by atoms with Crippen LogP contribution in [0.25, 0.3) is 10.8 Å². The maximum absolute atomic E-state index is 13.4. The Balaban J connectivity index is 1.57. The number of likely N-dealkylation sites (N-methyl/N-ethyl adjacent to an activating group) is 1. The molecule has 1 atom stereocenters. The van der Waals surface area contributed by atoms with Crippen molar-refractivity contribution in [3.05, 3.63) is 83.9 Å². The van der Waals surface area contributed by atoms with Crippen LogP contribution in [0.5, 0.6) is 0 Å². The molecule has 0 saturated carbocycles. The minimum absolute atomic E-state index is 0.267. The number of nitrogens with zero attached hydrogens (tertiary/aromatic N) is 2. The molecule has 4 amide bonds. The highest BCUT2D eigenvalue weighted by molar-refractivity contribution is 6.10. The Kier molecular flexibility index (Phi) is 5.46. The van der Waals surface area contributed by atoms with Crippen LogP contribution in [0.15, 0.2) is 72.8 Å². The van der Waals surface area contributed by atoms with E-state index in [9.17, 15) is 14.4 Å². The lowest BCUT2D eigenvalue weighted by Gasteiger charge is -2.25. The summed E-state index contributed by atoms with van der Waals surface area (Å²) in [6.45, 7) is 4.21. The molecule has 6 heteroatoms. The summed E-state index contributed by atoms with van der Waals surface area (Å²) in [6, 6.07) is 22.5. The summed E-state index contributed by atoms with van der Waals surface area (Å²) in [7, 11) is 0. The first kappa shape index (κ1) is 20.6. The molecule has 3 aromatic carbocycles. The van der Waals surface area contributed by atoms with Gasteiger partial charge in [-0.15, -0.1) is 0 Å². The van der Waals surface area contributed by atoms with E-state index in [-0.39, 0.29) is 12.5 Å². The minimum atomic E-state index is -1.23. The van der Waals surface area contributed by atoms with Crippen molar-refractivity contribution in [2.45, 2.75) is 25.9 Å². The lowest BCUT2D eigenvalue weighted by atomic mass is 9.88. The fourth-order valence-corrected chi connectivity index (χ4v) is 4.10. The molecular formula is C25H25N3O3. The van der Waals surface area contributed by atoms with Gasteiger partial charge in [-0.1, -0.05) is 72.8 Å². The maximum Gasteiger partial charge on any atom is 0.325 e. The highest BCUT2D eigenvalue weighted by Gasteiger charge is 2.50. The Bertz CT molecular complexity index is 1140. The van der Waals surface area contributed by atoms with E-state index in [4.69, 9.17) is 0 Å². The number of hydrogen-bond acceptors (Lipinski definition) is 3. The Morgan fingerprint density at radius 3 is 2.39 bits per heavy atom. The molecule has 1 N–H and O–H groups in total. The van der Waals surface area contributed by atoms with Gasteiger partial charge in [0, 0.05) is 13.1 Å². The predicted molar refractivity (Wildman–Crippen MR) is 119 cm³/mol. The van der Waals surface area contributed by atoms with Crippen LogP contribution >= 0.6 is 0 Å². The van der Waals surface area contributed by atoms with E-state index in [2.05, 4.69) is 5.32 Å². The number of nitrogens with one attached hydrogen (secondary N) is 1. The molecule has 0 aromatic heterocycles. The van der Waals surface area contributed by atoms with Crippen molar-refractivity contribution in [1.29, 1.82) is 0 Å². The number of benzene rings is 3. The summed E-state index contributed by atoms with van der Waals surface area (Å²) in [5.74, 6) is -0.685. The number of carbonyl (C=O) groups excluding carboxylic acids is 3. The quantitative estimate of drug-likeness (QED) is 0.625. The molecular weight excluding hydrogens is 390 g/mol. The summed E-state index contributed by atoms with van der Waals surface area (Å²) in [5, 5.41) is 4.70. The molecule has 0 bridgehead atoms. The van der Waals surface area contributed by atoms with Gasteiger partial charge in [-0.3, -0.25) is 14.5 Å². The van der Waals surface area contributed by atoms with Gasteiger partial charge in [0.15, 0.2) is 0 Å². The molecule has 4 rings (SSSR count). The Labute approximate surface area is 181 Å². The van der Waals surface area contributed by atoms with Gasteiger partial charge in [0.2, 0.25) is 5.91 Å². The highest BCUT2D eigenvalue weighted by atomic mass is 16.2. The van der Waals surface area contributed by atoms with Gasteiger partial charge in [-0.25, -0.2) is 4.79 Å². The van der Waals surface area contributed by atoms with Gasteiger partial charge in [0.05, 0.1) is 0 Å². The highest BCUT2D eigenvalue weighted by Crippen LogP contribution is 2.33. The van der Waals surface area contributed by atoms with E-state index in [1.807, 2.05) is 79.7 Å². The van der Waals surface area contributed by atoms with Crippen molar-refractivity contribution >= 4 is 28.6 Å². The molecule has 1 aliphatic heterocycles. The number of rotatable bonds is 6. The largest absolute Gasteiger partial charge is 0.337 e. The summed E-state index contributed by atoms with van der Waals surface area (Å²) in [6.07, 6.45) is 0. The molecule has 6 nitrogen and oxygen atoms in total. The van der Waals surface area contributed by atoms with Crippen LogP contribution in [-0.4, -0.2) is 40.7 Å². The first-order valence-electron chi connectivity index (χ1n) is 10.4. The second-order valence-corrected chi connectivity index (χ2v) is 7.87. The number of fused-ring (bicyclic) bond motifs is 1. The monoisotopic (exact) mass is 415 g/mol. The number of amides is 4. The minimum Gasteiger partial charge on any atom is -0.337 e. The number of imide groups is 1. The standard InChI is InChI=1S/C25H25N3O3/c1-3-27(16-18-10-5-4-6-11-18)22(29)17-28-23(30)25(2,26-24(28)31)21-15-9-13-19-12-7-8-14-20(19)21/h4-15H,3,16-17H2,1-2H3,(H,26,31)/t25-/m0/s1. The first-order chi connectivity index (χ1) is 14.9. The van der Waals surface area contributed by atoms with Crippen LogP contribution in [0.1, 0.15) is 25.0 Å². The predicted octanol–water partition coefficient (Wildman–Crippen LogP) is 3.66. The van der Waals surface area contributed by atoms with Crippen LogP contribution in [0.2, 0.25) is 0 Å². The molecule has 0 unspecified atom stereocenters. The third kappa shape index (κ3) is 3.77. The van der Waals surface area contributed by atoms with E-state index in [0.717, 1.165) is 26.8 Å². The van der Waals surface area contributed by atoms with Crippen LogP contribution in [0.4, 0.5) is 4.79 Å². The fraction of sp³-hybridized carbons (Fsp3) is 0.240. The van der Waals surface area contributed by atoms with Crippen molar-refractivity contribution in [2.24, 2.45) is 0 Å². The zero-order valence-electron chi connectivity index (χ0n) is 17.7. The molecule has 1 saturated heterocycles. The second-order valence-electron chi connectivity index (χ2n) is 7.87. The summed E-state index contributed by atoms with van der Waals surface area (Å²) >= 11 is 0. The molecule has 0 radical (unpaired) electrons. The maximum atomic E-state index is 13.4. The molecule has 31 heavy (non-hydrogen) atoms. The average Bonchev–Trinajstić information content (AvgIpc) is 3.01. The molecule has 158 valence electrons. The molecule has 1 aliphatic rings. The van der Waals surface area contributed by atoms with Crippen LogP contribution in [0, 0.1) is 0 Å². The van der Waals surface area contributed by atoms with E-state index < -0.39 is 17.5 Å². The van der Waals surface area contributed by atoms with Crippen LogP contribution in [0.3, 0.4) is 0 Å². The van der Waals surface area contributed by atoms with Crippen molar-refractivity contribution in [2.75, 3.05) is 13.1 Å². The van der Waals surface area contributed by atoms with Gasteiger partial charge < -0.3 is 10.2 Å². The number of urea groups is 1. The van der Waals surface area contributed by atoms with Crippen molar-refractivity contribution in [1.82, 2.24) is 15.1 Å². The summed E-state index contributed by atoms with van der Waals surface area (Å²) in [5.41, 5.74) is 0.486. The van der Waals surface area contributed by atoms with Gasteiger partial charge in [0.25, 0.3) is 5.91 Å². The van der Waals surface area contributed by atoms with E-state index in [1.165, 1.54) is 0 Å². The van der Waals surface area contributed by atoms with E-state index >= 15 is 0 Å². The number of hydrogen-bond donors (Lipinski definition) is 1. The van der Waals surface area contributed by atoms with Gasteiger partial charge in [-0.05, 0) is 35.7 Å². The summed E-state index contributed by atoms with van der Waals surface area (Å²) in [4.78, 5) is 41.7. The van der Waals surface area contributed by atoms with Gasteiger partial charge >= 0.3 is 6.03 Å². The van der Waals surface area contributed by atoms with Crippen molar-refractivity contribution in [3.8, 4) is 0 Å². The summed E-state index contributed by atoms with van der Waals surface area (Å²) < 4.78 is 0. The lowest BCUT2D eigenvalue weighted by molar-refractivity contribution is -0.139. The lowest BCUT2D eigenvalue weighted by Crippen LogP contribution is -2.44. The molecule has 1 heterocycles. The molecule has 3 aromatic rings.